The van der Waals surface area contributed by atoms with Crippen molar-refractivity contribution < 1.29 is 13.2 Å². The number of carbonyl (C=O) groups excluding carboxylic acids is 1. The Labute approximate surface area is 152 Å². The van der Waals surface area contributed by atoms with Crippen molar-refractivity contribution in [3.05, 3.63) is 78.9 Å². The molecule has 3 aromatic carbocycles. The average molecular weight is 366 g/mol. The second-order valence-corrected chi connectivity index (χ2v) is 7.61. The third-order valence-corrected chi connectivity index (χ3v) is 5.19. The van der Waals surface area contributed by atoms with E-state index < -0.39 is 10.0 Å². The van der Waals surface area contributed by atoms with E-state index in [0.29, 0.717) is 16.9 Å². The molecule has 0 aromatic heterocycles. The van der Waals surface area contributed by atoms with Crippen molar-refractivity contribution in [1.82, 2.24) is 0 Å². The Morgan fingerprint density at radius 3 is 2.15 bits per heavy atom. The summed E-state index contributed by atoms with van der Waals surface area (Å²) in [5.41, 5.74) is 1.37. The third-order valence-electron chi connectivity index (χ3n) is 3.81. The molecule has 132 valence electrons. The molecule has 3 aromatic rings. The first-order valence-electron chi connectivity index (χ1n) is 7.94. The fraction of sp³-hybridized carbons (Fsp3) is 0.0500. The quantitative estimate of drug-likeness (QED) is 0.666. The van der Waals surface area contributed by atoms with Gasteiger partial charge in [0.1, 0.15) is 0 Å². The number of carbonyl (C=O) groups is 1. The Balaban J connectivity index is 1.80. The van der Waals surface area contributed by atoms with Crippen molar-refractivity contribution in [2.75, 3.05) is 10.0 Å². The van der Waals surface area contributed by atoms with E-state index in [-0.39, 0.29) is 10.8 Å². The Kier molecular flexibility index (Phi) is 4.77. The highest BCUT2D eigenvalue weighted by molar-refractivity contribution is 7.92. The van der Waals surface area contributed by atoms with Gasteiger partial charge in [-0.1, -0.05) is 36.9 Å². The number of anilines is 2. The van der Waals surface area contributed by atoms with E-state index in [2.05, 4.69) is 16.6 Å². The maximum Gasteiger partial charge on any atom is 0.261 e. The molecule has 0 unspecified atom stereocenters. The number of rotatable bonds is 5. The highest BCUT2D eigenvalue weighted by Gasteiger charge is 2.14. The first-order valence-corrected chi connectivity index (χ1v) is 9.42. The molecule has 0 aliphatic rings. The summed E-state index contributed by atoms with van der Waals surface area (Å²) < 4.78 is 27.8. The summed E-state index contributed by atoms with van der Waals surface area (Å²) in [4.78, 5) is 11.8. The molecule has 0 heterocycles. The summed E-state index contributed by atoms with van der Waals surface area (Å²) >= 11 is 0. The van der Waals surface area contributed by atoms with E-state index in [0.717, 1.165) is 10.8 Å². The number of sulfonamides is 1. The minimum absolute atomic E-state index is 0.191. The Morgan fingerprint density at radius 2 is 1.50 bits per heavy atom. The summed E-state index contributed by atoms with van der Waals surface area (Å²) in [6.07, 6.45) is 0. The van der Waals surface area contributed by atoms with Gasteiger partial charge in [-0.15, -0.1) is 0 Å². The lowest BCUT2D eigenvalue weighted by Gasteiger charge is -2.10. The topological polar surface area (TPSA) is 75.3 Å². The lowest BCUT2D eigenvalue weighted by atomic mass is 10.1. The van der Waals surface area contributed by atoms with Crippen LogP contribution in [0.25, 0.3) is 10.8 Å². The Morgan fingerprint density at radius 1 is 0.885 bits per heavy atom. The van der Waals surface area contributed by atoms with Crippen LogP contribution in [0.2, 0.25) is 0 Å². The van der Waals surface area contributed by atoms with Gasteiger partial charge in [-0.3, -0.25) is 9.52 Å². The zero-order chi connectivity index (χ0) is 18.7. The molecule has 6 heteroatoms. The van der Waals surface area contributed by atoms with Crippen LogP contribution in [0.15, 0.2) is 83.8 Å². The van der Waals surface area contributed by atoms with Crippen molar-refractivity contribution in [3.63, 3.8) is 0 Å². The molecule has 0 aliphatic carbocycles. The molecule has 0 bridgehead atoms. The summed E-state index contributed by atoms with van der Waals surface area (Å²) in [5, 5.41) is 4.50. The monoisotopic (exact) mass is 366 g/mol. The van der Waals surface area contributed by atoms with Gasteiger partial charge in [0, 0.05) is 16.9 Å². The maximum absolute atomic E-state index is 12.6. The fourth-order valence-electron chi connectivity index (χ4n) is 2.41. The molecule has 2 N–H and O–H groups in total. The van der Waals surface area contributed by atoms with Crippen molar-refractivity contribution in [1.29, 1.82) is 0 Å². The van der Waals surface area contributed by atoms with Crippen LogP contribution < -0.4 is 10.0 Å². The zero-order valence-electron chi connectivity index (χ0n) is 14.2. The number of hydrogen-bond donors (Lipinski definition) is 2. The predicted molar refractivity (Wildman–Crippen MR) is 105 cm³/mol. The number of nitrogens with one attached hydrogen (secondary N) is 2. The lowest BCUT2D eigenvalue weighted by molar-refractivity contribution is -0.112. The van der Waals surface area contributed by atoms with E-state index in [9.17, 15) is 13.2 Å². The van der Waals surface area contributed by atoms with Crippen molar-refractivity contribution >= 4 is 38.1 Å². The molecule has 26 heavy (non-hydrogen) atoms. The number of fused-ring (bicyclic) bond motifs is 1. The van der Waals surface area contributed by atoms with E-state index in [4.69, 9.17) is 0 Å². The van der Waals surface area contributed by atoms with Crippen LogP contribution in [0.3, 0.4) is 0 Å². The summed E-state index contributed by atoms with van der Waals surface area (Å²) in [5.74, 6) is -0.283. The molecular weight excluding hydrogens is 348 g/mol. The molecule has 0 radical (unpaired) electrons. The first-order chi connectivity index (χ1) is 12.3. The standard InChI is InChI=1S/C20H18N2O3S/c1-14(2)20(23)21-17-8-10-18(11-9-17)22-26(24,25)19-12-7-15-5-3-4-6-16(15)13-19/h3-13,22H,1H2,2H3,(H,21,23). The van der Waals surface area contributed by atoms with Crippen LogP contribution in [-0.4, -0.2) is 14.3 Å². The van der Waals surface area contributed by atoms with Gasteiger partial charge in [0.15, 0.2) is 0 Å². The highest BCUT2D eigenvalue weighted by Crippen LogP contribution is 2.22. The summed E-state index contributed by atoms with van der Waals surface area (Å²) in [6.45, 7) is 5.18. The first kappa shape index (κ1) is 17.7. The molecule has 0 aliphatic heterocycles. The van der Waals surface area contributed by atoms with Crippen LogP contribution in [-0.2, 0) is 14.8 Å². The molecule has 3 rings (SSSR count). The highest BCUT2D eigenvalue weighted by atomic mass is 32.2. The van der Waals surface area contributed by atoms with Gasteiger partial charge in [0.2, 0.25) is 0 Å². The second kappa shape index (κ2) is 7.01. The minimum Gasteiger partial charge on any atom is -0.322 e. The SMILES string of the molecule is C=C(C)C(=O)Nc1ccc(NS(=O)(=O)c2ccc3ccccc3c2)cc1. The van der Waals surface area contributed by atoms with Crippen LogP contribution in [0.5, 0.6) is 0 Å². The predicted octanol–water partition coefficient (Wildman–Crippen LogP) is 4.16. The summed E-state index contributed by atoms with van der Waals surface area (Å²) in [7, 11) is -3.71. The fourth-order valence-corrected chi connectivity index (χ4v) is 3.50. The van der Waals surface area contributed by atoms with Gasteiger partial charge in [-0.05, 0) is 54.1 Å². The smallest absolute Gasteiger partial charge is 0.261 e. The minimum atomic E-state index is -3.71. The third kappa shape index (κ3) is 3.92. The normalized spacial score (nSPS) is 11.1. The van der Waals surface area contributed by atoms with Gasteiger partial charge >= 0.3 is 0 Å². The zero-order valence-corrected chi connectivity index (χ0v) is 15.0. The van der Waals surface area contributed by atoms with Crippen LogP contribution in [0, 0.1) is 0 Å². The number of amides is 1. The molecule has 1 amide bonds. The van der Waals surface area contributed by atoms with Gasteiger partial charge in [0.05, 0.1) is 4.90 Å². The van der Waals surface area contributed by atoms with Crippen molar-refractivity contribution in [2.45, 2.75) is 11.8 Å². The Hall–Kier alpha value is -3.12. The lowest BCUT2D eigenvalue weighted by Crippen LogP contribution is -2.14. The van der Waals surface area contributed by atoms with Crippen molar-refractivity contribution in [3.8, 4) is 0 Å². The van der Waals surface area contributed by atoms with E-state index in [1.807, 2.05) is 24.3 Å². The number of hydrogen-bond acceptors (Lipinski definition) is 3. The van der Waals surface area contributed by atoms with Crippen LogP contribution in [0.4, 0.5) is 11.4 Å². The molecule has 5 nitrogen and oxygen atoms in total. The van der Waals surface area contributed by atoms with Crippen molar-refractivity contribution in [2.24, 2.45) is 0 Å². The second-order valence-electron chi connectivity index (χ2n) is 5.93. The molecule has 0 saturated heterocycles. The largest absolute Gasteiger partial charge is 0.322 e. The molecule has 0 fully saturated rings. The molecule has 0 atom stereocenters. The van der Waals surface area contributed by atoms with E-state index in [1.54, 1.807) is 49.4 Å². The van der Waals surface area contributed by atoms with Crippen LogP contribution in [0.1, 0.15) is 6.92 Å². The summed E-state index contributed by atoms with van der Waals surface area (Å²) in [6, 6.07) is 19.0. The molecular formula is C20H18N2O3S. The van der Waals surface area contributed by atoms with Gasteiger partial charge in [0.25, 0.3) is 15.9 Å². The van der Waals surface area contributed by atoms with E-state index >= 15 is 0 Å². The maximum atomic E-state index is 12.6. The van der Waals surface area contributed by atoms with E-state index in [1.165, 1.54) is 0 Å². The number of benzene rings is 3. The Bertz CT molecular complexity index is 1090. The van der Waals surface area contributed by atoms with Crippen LogP contribution >= 0.6 is 0 Å². The molecule has 0 saturated carbocycles. The molecule has 0 spiro atoms. The van der Waals surface area contributed by atoms with Gasteiger partial charge < -0.3 is 5.32 Å². The van der Waals surface area contributed by atoms with Gasteiger partial charge in [-0.2, -0.15) is 0 Å². The van der Waals surface area contributed by atoms with Gasteiger partial charge in [-0.25, -0.2) is 8.42 Å². The average Bonchev–Trinajstić information content (AvgIpc) is 2.62.